The molecule has 2 aromatic rings. The van der Waals surface area contributed by atoms with Crippen molar-refractivity contribution in [3.05, 3.63) is 54.1 Å². The van der Waals surface area contributed by atoms with E-state index in [9.17, 15) is 24.8 Å². The SMILES string of the molecule is CC12C=CC(CC(=O)O)(O1)[C@@H]1C(=O)N(c3ccc(C#N)c4ccccc34)C(=O)C12. The van der Waals surface area contributed by atoms with Gasteiger partial charge in [-0.2, -0.15) is 5.26 Å². The zero-order valence-corrected chi connectivity index (χ0v) is 15.5. The van der Waals surface area contributed by atoms with Gasteiger partial charge in [-0.05, 0) is 19.1 Å². The van der Waals surface area contributed by atoms with Crippen molar-refractivity contribution in [1.29, 1.82) is 5.26 Å². The van der Waals surface area contributed by atoms with Crippen molar-refractivity contribution in [2.45, 2.75) is 24.5 Å². The molecule has 0 aromatic heterocycles. The zero-order valence-electron chi connectivity index (χ0n) is 15.5. The van der Waals surface area contributed by atoms with Gasteiger partial charge in [-0.25, -0.2) is 4.90 Å². The van der Waals surface area contributed by atoms with E-state index in [1.54, 1.807) is 55.5 Å². The van der Waals surface area contributed by atoms with Crippen LogP contribution < -0.4 is 4.90 Å². The first-order chi connectivity index (χ1) is 13.8. The molecule has 3 unspecified atom stereocenters. The number of carboxylic acids is 1. The fourth-order valence-corrected chi connectivity index (χ4v) is 5.11. The van der Waals surface area contributed by atoms with E-state index in [1.807, 2.05) is 0 Å². The Labute approximate surface area is 165 Å². The van der Waals surface area contributed by atoms with Gasteiger partial charge in [0.2, 0.25) is 11.8 Å². The molecule has 0 radical (unpaired) electrons. The Morgan fingerprint density at radius 1 is 1.14 bits per heavy atom. The smallest absolute Gasteiger partial charge is 0.306 e. The first kappa shape index (κ1) is 17.6. The second-order valence-electron chi connectivity index (χ2n) is 7.90. The van der Waals surface area contributed by atoms with Gasteiger partial charge in [-0.3, -0.25) is 14.4 Å². The maximum atomic E-state index is 13.4. The molecule has 29 heavy (non-hydrogen) atoms. The van der Waals surface area contributed by atoms with Crippen LogP contribution in [0.1, 0.15) is 18.9 Å². The van der Waals surface area contributed by atoms with Gasteiger partial charge in [0.15, 0.2) is 0 Å². The third-order valence-electron chi connectivity index (χ3n) is 6.25. The summed E-state index contributed by atoms with van der Waals surface area (Å²) in [5.41, 5.74) is -1.50. The number of aliphatic carboxylic acids is 1. The highest BCUT2D eigenvalue weighted by Gasteiger charge is 2.72. The molecule has 7 heteroatoms. The summed E-state index contributed by atoms with van der Waals surface area (Å²) in [5.74, 6) is -3.65. The second kappa shape index (κ2) is 5.52. The number of ether oxygens (including phenoxy) is 1. The van der Waals surface area contributed by atoms with E-state index < -0.39 is 40.8 Å². The van der Waals surface area contributed by atoms with Crippen molar-refractivity contribution in [2.75, 3.05) is 4.90 Å². The van der Waals surface area contributed by atoms with Gasteiger partial charge in [0, 0.05) is 10.8 Å². The summed E-state index contributed by atoms with van der Waals surface area (Å²) >= 11 is 0. The highest BCUT2D eigenvalue weighted by molar-refractivity contribution is 6.26. The number of nitrogens with zero attached hydrogens (tertiary/aromatic N) is 2. The summed E-state index contributed by atoms with van der Waals surface area (Å²) in [7, 11) is 0. The van der Waals surface area contributed by atoms with Crippen LogP contribution >= 0.6 is 0 Å². The van der Waals surface area contributed by atoms with E-state index in [0.717, 1.165) is 4.90 Å². The summed E-state index contributed by atoms with van der Waals surface area (Å²) in [5, 5.41) is 20.0. The van der Waals surface area contributed by atoms with Gasteiger partial charge < -0.3 is 9.84 Å². The normalized spacial score (nSPS) is 32.1. The van der Waals surface area contributed by atoms with Crippen LogP contribution in [-0.2, 0) is 19.1 Å². The van der Waals surface area contributed by atoms with Gasteiger partial charge in [-0.1, -0.05) is 36.4 Å². The number of anilines is 1. The highest BCUT2D eigenvalue weighted by Crippen LogP contribution is 2.59. The maximum Gasteiger partial charge on any atom is 0.306 e. The predicted molar refractivity (Wildman–Crippen MR) is 102 cm³/mol. The molecular formula is C22H16N2O5. The second-order valence-corrected chi connectivity index (χ2v) is 7.90. The Bertz CT molecular complexity index is 1200. The zero-order chi connectivity index (χ0) is 20.6. The molecule has 1 N–H and O–H groups in total. The number of hydrogen-bond donors (Lipinski definition) is 1. The number of imide groups is 1. The molecule has 0 saturated carbocycles. The van der Waals surface area contributed by atoms with Gasteiger partial charge in [0.1, 0.15) is 5.60 Å². The minimum atomic E-state index is -1.32. The molecule has 2 fully saturated rings. The largest absolute Gasteiger partial charge is 0.481 e. The maximum absolute atomic E-state index is 13.4. The van der Waals surface area contributed by atoms with E-state index in [1.165, 1.54) is 0 Å². The molecule has 144 valence electrons. The average molecular weight is 388 g/mol. The van der Waals surface area contributed by atoms with Crippen molar-refractivity contribution in [3.8, 4) is 6.07 Å². The topological polar surface area (TPSA) is 108 Å². The highest BCUT2D eigenvalue weighted by atomic mass is 16.5. The standard InChI is InChI=1S/C22H16N2O5/c1-21-8-9-22(29-21,10-16(25)26)18-17(21)19(27)24(20(18)28)15-7-6-12(11-23)13-4-2-3-5-14(13)15/h2-9,17-18H,10H2,1H3,(H,25,26)/t17?,18-,21?,22?/m0/s1. The number of carboxylic acid groups (broad SMARTS) is 1. The van der Waals surface area contributed by atoms with Gasteiger partial charge >= 0.3 is 5.97 Å². The molecule has 3 aliphatic heterocycles. The summed E-state index contributed by atoms with van der Waals surface area (Å²) in [6.45, 7) is 1.71. The molecule has 2 saturated heterocycles. The number of carbonyl (C=O) groups excluding carboxylic acids is 2. The Morgan fingerprint density at radius 2 is 1.83 bits per heavy atom. The Balaban J connectivity index is 1.67. The van der Waals surface area contributed by atoms with E-state index in [4.69, 9.17) is 4.74 Å². The minimum Gasteiger partial charge on any atom is -0.481 e. The van der Waals surface area contributed by atoms with Crippen molar-refractivity contribution in [1.82, 2.24) is 0 Å². The number of hydrogen-bond acceptors (Lipinski definition) is 5. The number of fused-ring (bicyclic) bond motifs is 6. The molecule has 5 rings (SSSR count). The van der Waals surface area contributed by atoms with Crippen LogP contribution in [0.25, 0.3) is 10.8 Å². The van der Waals surface area contributed by atoms with Crippen molar-refractivity contribution in [3.63, 3.8) is 0 Å². The molecule has 3 heterocycles. The first-order valence-corrected chi connectivity index (χ1v) is 9.23. The average Bonchev–Trinajstić information content (AvgIpc) is 3.25. The van der Waals surface area contributed by atoms with Crippen LogP contribution in [0.4, 0.5) is 5.69 Å². The lowest BCUT2D eigenvalue weighted by molar-refractivity contribution is -0.145. The van der Waals surface area contributed by atoms with Crippen LogP contribution in [0.3, 0.4) is 0 Å². The third-order valence-corrected chi connectivity index (χ3v) is 6.25. The summed E-state index contributed by atoms with van der Waals surface area (Å²) in [6.07, 6.45) is 2.93. The quantitative estimate of drug-likeness (QED) is 0.639. The third kappa shape index (κ3) is 2.12. The van der Waals surface area contributed by atoms with Crippen LogP contribution in [0.5, 0.6) is 0 Å². The molecule has 0 spiro atoms. The summed E-state index contributed by atoms with van der Waals surface area (Å²) in [6, 6.07) is 12.4. The monoisotopic (exact) mass is 388 g/mol. The number of benzene rings is 2. The fraction of sp³-hybridized carbons (Fsp3) is 0.273. The molecule has 0 aliphatic carbocycles. The van der Waals surface area contributed by atoms with E-state index in [0.29, 0.717) is 22.0 Å². The molecule has 2 amide bonds. The lowest BCUT2D eigenvalue weighted by atomic mass is 9.71. The number of nitriles is 1. The molecule has 2 aromatic carbocycles. The van der Waals surface area contributed by atoms with E-state index >= 15 is 0 Å². The number of rotatable bonds is 3. The lowest BCUT2D eigenvalue weighted by Crippen LogP contribution is -2.42. The predicted octanol–water partition coefficient (Wildman–Crippen LogP) is 2.39. The Morgan fingerprint density at radius 3 is 2.52 bits per heavy atom. The van der Waals surface area contributed by atoms with Crippen LogP contribution in [0, 0.1) is 23.2 Å². The van der Waals surface area contributed by atoms with Gasteiger partial charge in [0.25, 0.3) is 0 Å². The summed E-state index contributed by atoms with van der Waals surface area (Å²) in [4.78, 5) is 39.4. The minimum absolute atomic E-state index is 0.388. The molecule has 2 bridgehead atoms. The van der Waals surface area contributed by atoms with Gasteiger partial charge in [0.05, 0.1) is 41.2 Å². The fourth-order valence-electron chi connectivity index (χ4n) is 5.11. The molecule has 7 nitrogen and oxygen atoms in total. The van der Waals surface area contributed by atoms with Crippen LogP contribution in [0.15, 0.2) is 48.6 Å². The van der Waals surface area contributed by atoms with Crippen LogP contribution in [-0.4, -0.2) is 34.1 Å². The molecular weight excluding hydrogens is 372 g/mol. The number of amides is 2. The van der Waals surface area contributed by atoms with Crippen molar-refractivity contribution >= 4 is 34.2 Å². The lowest BCUT2D eigenvalue weighted by Gasteiger charge is -2.28. The van der Waals surface area contributed by atoms with E-state index in [2.05, 4.69) is 6.07 Å². The Kier molecular flexibility index (Phi) is 3.35. The van der Waals surface area contributed by atoms with Crippen molar-refractivity contribution < 1.29 is 24.2 Å². The van der Waals surface area contributed by atoms with Crippen LogP contribution in [0.2, 0.25) is 0 Å². The number of carbonyl (C=O) groups is 3. The Hall–Kier alpha value is -3.50. The van der Waals surface area contributed by atoms with E-state index in [-0.39, 0.29) is 6.42 Å². The molecule has 4 atom stereocenters. The first-order valence-electron chi connectivity index (χ1n) is 9.23. The summed E-state index contributed by atoms with van der Waals surface area (Å²) < 4.78 is 5.97. The molecule has 3 aliphatic rings. The van der Waals surface area contributed by atoms with Gasteiger partial charge in [-0.15, -0.1) is 0 Å². The van der Waals surface area contributed by atoms with Crippen molar-refractivity contribution in [2.24, 2.45) is 11.8 Å².